The van der Waals surface area contributed by atoms with Crippen molar-refractivity contribution in [2.75, 3.05) is 24.9 Å². The molecule has 6 nitrogen and oxygen atoms in total. The average molecular weight is 407 g/mol. The molecule has 4 aromatic rings. The number of hydrogen-bond acceptors (Lipinski definition) is 6. The number of para-hydroxylation sites is 1. The lowest BCUT2D eigenvalue weighted by Gasteiger charge is -2.14. The van der Waals surface area contributed by atoms with Gasteiger partial charge in [-0.3, -0.25) is 0 Å². The second-order valence-electron chi connectivity index (χ2n) is 6.24. The van der Waals surface area contributed by atoms with Crippen LogP contribution in [0.15, 0.2) is 66.7 Å². The molecular formula is C22H19ClN4O2. The normalized spacial score (nSPS) is 10.6. The van der Waals surface area contributed by atoms with Crippen LogP contribution in [0.4, 0.5) is 23.1 Å². The van der Waals surface area contributed by atoms with Crippen LogP contribution in [-0.2, 0) is 0 Å². The molecule has 0 saturated heterocycles. The SMILES string of the molecule is COc1ccc(Nc2nc(Nc3cc(Cl)ccc3OC)nc3ccccc23)cc1. The van der Waals surface area contributed by atoms with E-state index in [1.54, 1.807) is 32.4 Å². The number of rotatable bonds is 6. The van der Waals surface area contributed by atoms with Gasteiger partial charge in [-0.25, -0.2) is 4.98 Å². The molecule has 0 bridgehead atoms. The van der Waals surface area contributed by atoms with E-state index in [1.165, 1.54) is 0 Å². The Kier molecular flexibility index (Phi) is 5.35. The first-order chi connectivity index (χ1) is 14.2. The zero-order valence-corrected chi connectivity index (χ0v) is 16.7. The predicted octanol–water partition coefficient (Wildman–Crippen LogP) is 5.79. The van der Waals surface area contributed by atoms with Crippen molar-refractivity contribution in [3.05, 3.63) is 71.8 Å². The molecular weight excluding hydrogens is 388 g/mol. The Labute approximate surface area is 173 Å². The van der Waals surface area contributed by atoms with Crippen LogP contribution in [0.2, 0.25) is 5.02 Å². The van der Waals surface area contributed by atoms with Crippen LogP contribution >= 0.6 is 11.6 Å². The second-order valence-corrected chi connectivity index (χ2v) is 6.67. The Bertz CT molecular complexity index is 1150. The van der Waals surface area contributed by atoms with Gasteiger partial charge in [0, 0.05) is 16.1 Å². The summed E-state index contributed by atoms with van der Waals surface area (Å²) < 4.78 is 10.6. The summed E-state index contributed by atoms with van der Waals surface area (Å²) in [5, 5.41) is 8.07. The Hall–Kier alpha value is -3.51. The first-order valence-corrected chi connectivity index (χ1v) is 9.32. The van der Waals surface area contributed by atoms with Gasteiger partial charge in [0.05, 0.1) is 25.4 Å². The van der Waals surface area contributed by atoms with Crippen molar-refractivity contribution in [1.29, 1.82) is 0 Å². The maximum Gasteiger partial charge on any atom is 0.229 e. The van der Waals surface area contributed by atoms with Crippen LogP contribution < -0.4 is 20.1 Å². The van der Waals surface area contributed by atoms with Gasteiger partial charge in [0.2, 0.25) is 5.95 Å². The molecule has 0 unspecified atom stereocenters. The van der Waals surface area contributed by atoms with Crippen LogP contribution in [0.3, 0.4) is 0 Å². The highest BCUT2D eigenvalue weighted by Crippen LogP contribution is 2.32. The molecule has 3 aromatic carbocycles. The van der Waals surface area contributed by atoms with E-state index in [0.29, 0.717) is 28.2 Å². The highest BCUT2D eigenvalue weighted by molar-refractivity contribution is 6.31. The summed E-state index contributed by atoms with van der Waals surface area (Å²) in [5.41, 5.74) is 2.38. The van der Waals surface area contributed by atoms with Gasteiger partial charge in [0.15, 0.2) is 0 Å². The molecule has 4 rings (SSSR count). The van der Waals surface area contributed by atoms with Crippen LogP contribution in [0.25, 0.3) is 10.9 Å². The fourth-order valence-electron chi connectivity index (χ4n) is 2.94. The van der Waals surface area contributed by atoms with Crippen LogP contribution in [0, 0.1) is 0 Å². The monoisotopic (exact) mass is 406 g/mol. The smallest absolute Gasteiger partial charge is 0.229 e. The highest BCUT2D eigenvalue weighted by atomic mass is 35.5. The minimum absolute atomic E-state index is 0.431. The van der Waals surface area contributed by atoms with Crippen molar-refractivity contribution in [3.8, 4) is 11.5 Å². The van der Waals surface area contributed by atoms with Gasteiger partial charge in [-0.05, 0) is 54.6 Å². The second kappa shape index (κ2) is 8.24. The molecule has 29 heavy (non-hydrogen) atoms. The first-order valence-electron chi connectivity index (χ1n) is 8.94. The highest BCUT2D eigenvalue weighted by Gasteiger charge is 2.11. The minimum atomic E-state index is 0.431. The Balaban J connectivity index is 1.73. The van der Waals surface area contributed by atoms with Crippen molar-refractivity contribution in [3.63, 3.8) is 0 Å². The zero-order valence-electron chi connectivity index (χ0n) is 15.9. The third-order valence-corrected chi connectivity index (χ3v) is 4.60. The molecule has 146 valence electrons. The number of hydrogen-bond donors (Lipinski definition) is 2. The van der Waals surface area contributed by atoms with Crippen LogP contribution in [0.1, 0.15) is 0 Å². The topological polar surface area (TPSA) is 68.3 Å². The van der Waals surface area contributed by atoms with Crippen molar-refractivity contribution < 1.29 is 9.47 Å². The number of nitrogens with one attached hydrogen (secondary N) is 2. The van der Waals surface area contributed by atoms with Crippen LogP contribution in [-0.4, -0.2) is 24.2 Å². The number of halogens is 1. The van der Waals surface area contributed by atoms with E-state index in [-0.39, 0.29) is 0 Å². The number of anilines is 4. The number of benzene rings is 3. The number of methoxy groups -OCH3 is 2. The number of fused-ring (bicyclic) bond motifs is 1. The number of nitrogens with zero attached hydrogens (tertiary/aromatic N) is 2. The lowest BCUT2D eigenvalue weighted by Crippen LogP contribution is -2.03. The Morgan fingerprint density at radius 1 is 0.828 bits per heavy atom. The van der Waals surface area contributed by atoms with Gasteiger partial charge in [-0.1, -0.05) is 23.7 Å². The molecule has 0 fully saturated rings. The molecule has 0 aliphatic carbocycles. The van der Waals surface area contributed by atoms with Gasteiger partial charge < -0.3 is 20.1 Å². The molecule has 2 N–H and O–H groups in total. The third-order valence-electron chi connectivity index (χ3n) is 4.36. The summed E-state index contributed by atoms with van der Waals surface area (Å²) in [6, 6.07) is 20.8. The third kappa shape index (κ3) is 4.17. The van der Waals surface area contributed by atoms with Gasteiger partial charge in [-0.15, -0.1) is 0 Å². The van der Waals surface area contributed by atoms with Crippen molar-refractivity contribution in [2.24, 2.45) is 0 Å². The molecule has 0 aliphatic heterocycles. The lowest BCUT2D eigenvalue weighted by molar-refractivity contribution is 0.415. The number of ether oxygens (including phenoxy) is 2. The quantitative estimate of drug-likeness (QED) is 0.422. The summed E-state index contributed by atoms with van der Waals surface area (Å²) in [4.78, 5) is 9.30. The minimum Gasteiger partial charge on any atom is -0.497 e. The molecule has 0 saturated carbocycles. The summed E-state index contributed by atoms with van der Waals surface area (Å²) in [7, 11) is 3.24. The predicted molar refractivity (Wildman–Crippen MR) is 117 cm³/mol. The maximum absolute atomic E-state index is 6.14. The molecule has 0 spiro atoms. The van der Waals surface area contributed by atoms with E-state index >= 15 is 0 Å². The van der Waals surface area contributed by atoms with Crippen molar-refractivity contribution in [2.45, 2.75) is 0 Å². The average Bonchev–Trinajstić information content (AvgIpc) is 2.74. The summed E-state index contributed by atoms with van der Waals surface area (Å²) >= 11 is 6.14. The first kappa shape index (κ1) is 18.8. The molecule has 0 atom stereocenters. The van der Waals surface area contributed by atoms with Crippen LogP contribution in [0.5, 0.6) is 11.5 Å². The van der Waals surface area contributed by atoms with Gasteiger partial charge in [-0.2, -0.15) is 4.98 Å². The zero-order chi connectivity index (χ0) is 20.2. The number of aromatic nitrogens is 2. The van der Waals surface area contributed by atoms with E-state index in [4.69, 9.17) is 21.1 Å². The molecule has 1 aromatic heterocycles. The largest absolute Gasteiger partial charge is 0.497 e. The molecule has 0 aliphatic rings. The standard InChI is InChI=1S/C22H19ClN4O2/c1-28-16-10-8-15(9-11-16)24-21-17-5-3-4-6-18(17)25-22(27-21)26-19-13-14(23)7-12-20(19)29-2/h3-13H,1-2H3,(H2,24,25,26,27). The van der Waals surface area contributed by atoms with E-state index in [0.717, 1.165) is 22.3 Å². The maximum atomic E-state index is 6.14. The van der Waals surface area contributed by atoms with Gasteiger partial charge >= 0.3 is 0 Å². The van der Waals surface area contributed by atoms with Crippen molar-refractivity contribution in [1.82, 2.24) is 9.97 Å². The summed E-state index contributed by atoms with van der Waals surface area (Å²) in [5.74, 6) is 2.55. The van der Waals surface area contributed by atoms with Gasteiger partial charge in [0.1, 0.15) is 17.3 Å². The Morgan fingerprint density at radius 2 is 1.62 bits per heavy atom. The van der Waals surface area contributed by atoms with E-state index in [1.807, 2.05) is 48.5 Å². The van der Waals surface area contributed by atoms with E-state index < -0.39 is 0 Å². The summed E-state index contributed by atoms with van der Waals surface area (Å²) in [6.45, 7) is 0. The van der Waals surface area contributed by atoms with E-state index in [2.05, 4.69) is 20.6 Å². The fourth-order valence-corrected chi connectivity index (χ4v) is 3.11. The lowest BCUT2D eigenvalue weighted by atomic mass is 10.2. The molecule has 0 amide bonds. The molecule has 1 heterocycles. The molecule has 7 heteroatoms. The van der Waals surface area contributed by atoms with E-state index in [9.17, 15) is 0 Å². The van der Waals surface area contributed by atoms with Gasteiger partial charge in [0.25, 0.3) is 0 Å². The van der Waals surface area contributed by atoms with Crippen molar-refractivity contribution >= 4 is 45.6 Å². The molecule has 0 radical (unpaired) electrons. The summed E-state index contributed by atoms with van der Waals surface area (Å²) in [6.07, 6.45) is 0. The fraction of sp³-hybridized carbons (Fsp3) is 0.0909. The Morgan fingerprint density at radius 3 is 2.38 bits per heavy atom.